The number of rotatable bonds is 6. The molecule has 0 bridgehead atoms. The van der Waals surface area contributed by atoms with Crippen LogP contribution in [0.25, 0.3) is 0 Å². The number of piperidine rings is 1. The SMILES string of the molecule is CC.CCCN1CCC2(CC1)CN(CCNC(C)C)C2.[HH]. The summed E-state index contributed by atoms with van der Waals surface area (Å²) in [6, 6.07) is 0.623. The molecule has 2 aliphatic rings. The summed E-state index contributed by atoms with van der Waals surface area (Å²) in [5.41, 5.74) is 0.697. The van der Waals surface area contributed by atoms with Gasteiger partial charge in [-0.2, -0.15) is 0 Å². The fourth-order valence-electron chi connectivity index (χ4n) is 3.46. The van der Waals surface area contributed by atoms with E-state index in [0.717, 1.165) is 6.54 Å². The molecule has 0 aromatic rings. The molecule has 2 heterocycles. The highest BCUT2D eigenvalue weighted by atomic mass is 15.2. The molecule has 0 aromatic heterocycles. The Kier molecular flexibility index (Phi) is 8.08. The van der Waals surface area contributed by atoms with E-state index in [-0.39, 0.29) is 1.43 Å². The second-order valence-corrected chi connectivity index (χ2v) is 6.66. The molecule has 1 N–H and O–H groups in total. The summed E-state index contributed by atoms with van der Waals surface area (Å²) in [6.45, 7) is 19.8. The van der Waals surface area contributed by atoms with Crippen LogP contribution in [0.4, 0.5) is 0 Å². The molecule has 0 atom stereocenters. The highest BCUT2D eigenvalue weighted by Crippen LogP contribution is 2.40. The lowest BCUT2D eigenvalue weighted by molar-refractivity contribution is -0.0454. The summed E-state index contributed by atoms with van der Waals surface area (Å²) in [6.07, 6.45) is 4.17. The van der Waals surface area contributed by atoms with Gasteiger partial charge in [-0.3, -0.25) is 0 Å². The normalized spacial score (nSPS) is 22.5. The topological polar surface area (TPSA) is 18.5 Å². The smallest absolute Gasteiger partial charge is 0.0107 e. The zero-order valence-corrected chi connectivity index (χ0v) is 14.5. The summed E-state index contributed by atoms with van der Waals surface area (Å²) >= 11 is 0. The minimum absolute atomic E-state index is 0. The summed E-state index contributed by atoms with van der Waals surface area (Å²) in [7, 11) is 0. The van der Waals surface area contributed by atoms with Crippen LogP contribution in [0.1, 0.15) is 55.3 Å². The molecule has 2 aliphatic heterocycles. The van der Waals surface area contributed by atoms with Gasteiger partial charge in [0.25, 0.3) is 0 Å². The predicted molar refractivity (Wildman–Crippen MR) is 91.4 cm³/mol. The minimum atomic E-state index is 0. The summed E-state index contributed by atoms with van der Waals surface area (Å²) in [4.78, 5) is 5.28. The van der Waals surface area contributed by atoms with Crippen LogP contribution in [0, 0.1) is 5.41 Å². The van der Waals surface area contributed by atoms with E-state index in [4.69, 9.17) is 0 Å². The molecule has 0 aliphatic carbocycles. The molecule has 0 radical (unpaired) electrons. The number of hydrogen-bond acceptors (Lipinski definition) is 3. The third kappa shape index (κ3) is 5.34. The van der Waals surface area contributed by atoms with Crippen LogP contribution < -0.4 is 5.32 Å². The van der Waals surface area contributed by atoms with Gasteiger partial charge < -0.3 is 15.1 Å². The Balaban J connectivity index is 0.00000128. The zero-order valence-electron chi connectivity index (χ0n) is 14.5. The second-order valence-electron chi connectivity index (χ2n) is 6.66. The van der Waals surface area contributed by atoms with Crippen LogP contribution in [0.3, 0.4) is 0 Å². The summed E-state index contributed by atoms with van der Waals surface area (Å²) in [5, 5.41) is 3.51. The fraction of sp³-hybridized carbons (Fsp3) is 1.00. The minimum Gasteiger partial charge on any atom is -0.313 e. The third-order valence-corrected chi connectivity index (χ3v) is 4.56. The van der Waals surface area contributed by atoms with E-state index in [2.05, 4.69) is 35.9 Å². The van der Waals surface area contributed by atoms with Crippen molar-refractivity contribution in [2.24, 2.45) is 5.41 Å². The molecule has 0 amide bonds. The van der Waals surface area contributed by atoms with Gasteiger partial charge in [0.1, 0.15) is 0 Å². The molecule has 3 nitrogen and oxygen atoms in total. The van der Waals surface area contributed by atoms with Crippen LogP contribution in [0.15, 0.2) is 0 Å². The van der Waals surface area contributed by atoms with Crippen LogP contribution in [0.5, 0.6) is 0 Å². The van der Waals surface area contributed by atoms with Crippen molar-refractivity contribution in [1.29, 1.82) is 0 Å². The Bertz CT molecular complexity index is 242. The summed E-state index contributed by atoms with van der Waals surface area (Å²) < 4.78 is 0. The van der Waals surface area contributed by atoms with Gasteiger partial charge in [0.05, 0.1) is 0 Å². The monoisotopic (exact) mass is 285 g/mol. The van der Waals surface area contributed by atoms with Crippen LogP contribution in [-0.2, 0) is 0 Å². The van der Waals surface area contributed by atoms with E-state index in [9.17, 15) is 0 Å². The third-order valence-electron chi connectivity index (χ3n) is 4.56. The van der Waals surface area contributed by atoms with E-state index in [1.165, 1.54) is 58.5 Å². The molecule has 20 heavy (non-hydrogen) atoms. The average Bonchev–Trinajstić information content (AvgIpc) is 2.41. The first kappa shape index (κ1) is 17.9. The maximum Gasteiger partial charge on any atom is 0.0107 e. The van der Waals surface area contributed by atoms with Gasteiger partial charge in [0.15, 0.2) is 0 Å². The Morgan fingerprint density at radius 3 is 2.15 bits per heavy atom. The van der Waals surface area contributed by atoms with E-state index in [1.54, 1.807) is 0 Å². The van der Waals surface area contributed by atoms with Crippen molar-refractivity contribution in [2.75, 3.05) is 45.8 Å². The van der Waals surface area contributed by atoms with Crippen molar-refractivity contribution in [3.63, 3.8) is 0 Å². The Morgan fingerprint density at radius 1 is 1.05 bits per heavy atom. The first-order valence-corrected chi connectivity index (χ1v) is 8.82. The Hall–Kier alpha value is -0.120. The highest BCUT2D eigenvalue weighted by Gasteiger charge is 2.43. The standard InChI is InChI=1S/C15H31N3.C2H6.H2/c1-4-8-17-9-5-15(6-10-17)12-18(13-15)11-7-16-14(2)3;1-2;/h14,16H,4-13H2,1-3H3;1-2H3;1H. The largest absolute Gasteiger partial charge is 0.313 e. The van der Waals surface area contributed by atoms with Crippen molar-refractivity contribution in [1.82, 2.24) is 15.1 Å². The lowest BCUT2D eigenvalue weighted by Gasteiger charge is -2.54. The van der Waals surface area contributed by atoms with Gasteiger partial charge >= 0.3 is 0 Å². The molecule has 3 heteroatoms. The number of hydrogen-bond donors (Lipinski definition) is 1. The van der Waals surface area contributed by atoms with Crippen molar-refractivity contribution in [2.45, 2.75) is 59.9 Å². The zero-order chi connectivity index (χ0) is 15.0. The highest BCUT2D eigenvalue weighted by molar-refractivity contribution is 4.98. The van der Waals surface area contributed by atoms with Crippen LogP contribution >= 0.6 is 0 Å². The molecule has 0 aromatic carbocycles. The lowest BCUT2D eigenvalue weighted by Crippen LogP contribution is -2.61. The molecule has 122 valence electrons. The van der Waals surface area contributed by atoms with E-state index < -0.39 is 0 Å². The van der Waals surface area contributed by atoms with Crippen molar-refractivity contribution >= 4 is 0 Å². The van der Waals surface area contributed by atoms with E-state index >= 15 is 0 Å². The molecule has 2 saturated heterocycles. The molecular weight excluding hydrogens is 246 g/mol. The lowest BCUT2D eigenvalue weighted by atomic mass is 9.72. The molecular formula is C17H39N3. The van der Waals surface area contributed by atoms with Gasteiger partial charge in [-0.15, -0.1) is 0 Å². The number of likely N-dealkylation sites (tertiary alicyclic amines) is 2. The maximum absolute atomic E-state index is 3.51. The van der Waals surface area contributed by atoms with Gasteiger partial charge in [-0.05, 0) is 44.3 Å². The summed E-state index contributed by atoms with van der Waals surface area (Å²) in [5.74, 6) is 0. The van der Waals surface area contributed by atoms with Crippen molar-refractivity contribution < 1.29 is 1.43 Å². The van der Waals surface area contributed by atoms with Crippen molar-refractivity contribution in [3.8, 4) is 0 Å². The van der Waals surface area contributed by atoms with Gasteiger partial charge in [-0.1, -0.05) is 34.6 Å². The van der Waals surface area contributed by atoms with Gasteiger partial charge in [0, 0.05) is 33.6 Å². The molecule has 1 spiro atoms. The Morgan fingerprint density at radius 2 is 1.65 bits per heavy atom. The first-order valence-electron chi connectivity index (χ1n) is 8.82. The number of nitrogens with zero attached hydrogens (tertiary/aromatic N) is 2. The Labute approximate surface area is 128 Å². The van der Waals surface area contributed by atoms with E-state index in [1.807, 2.05) is 13.8 Å². The fourth-order valence-corrected chi connectivity index (χ4v) is 3.46. The van der Waals surface area contributed by atoms with E-state index in [0.29, 0.717) is 11.5 Å². The van der Waals surface area contributed by atoms with Gasteiger partial charge in [0.2, 0.25) is 0 Å². The molecule has 2 rings (SSSR count). The molecule has 0 saturated carbocycles. The predicted octanol–water partition coefficient (Wildman–Crippen LogP) is 3.06. The molecule has 0 unspecified atom stereocenters. The second kappa shape index (κ2) is 9.01. The van der Waals surface area contributed by atoms with Crippen molar-refractivity contribution in [3.05, 3.63) is 0 Å². The maximum atomic E-state index is 3.51. The van der Waals surface area contributed by atoms with Crippen LogP contribution in [-0.4, -0.2) is 61.7 Å². The number of nitrogens with one attached hydrogen (secondary N) is 1. The van der Waals surface area contributed by atoms with Crippen LogP contribution in [0.2, 0.25) is 0 Å². The first-order chi connectivity index (χ1) is 9.63. The average molecular weight is 286 g/mol. The van der Waals surface area contributed by atoms with Gasteiger partial charge in [-0.25, -0.2) is 0 Å². The quantitative estimate of drug-likeness (QED) is 0.809. The molecule has 2 fully saturated rings.